The van der Waals surface area contributed by atoms with Crippen LogP contribution in [0.4, 0.5) is 0 Å². The highest BCUT2D eigenvalue weighted by atomic mass is 16.4. The van der Waals surface area contributed by atoms with Crippen molar-refractivity contribution in [3.63, 3.8) is 0 Å². The average molecular weight is 444 g/mol. The second-order valence-corrected chi connectivity index (χ2v) is 7.73. The number of carboxylic acids is 1. The maximum Gasteiger partial charge on any atom is 0.331 e. The highest BCUT2D eigenvalue weighted by Gasteiger charge is 2.12. The van der Waals surface area contributed by atoms with Gasteiger partial charge in [-0.25, -0.2) is 4.79 Å². The van der Waals surface area contributed by atoms with Gasteiger partial charge in [0.2, 0.25) is 12.3 Å². The molecular formula is C24H49N3O4. The molecule has 0 aromatic rings. The predicted octanol–water partition coefficient (Wildman–Crippen LogP) is 4.33. The highest BCUT2D eigenvalue weighted by Crippen LogP contribution is 2.10. The first-order chi connectivity index (χ1) is 14.7. The molecule has 0 aliphatic carbocycles. The van der Waals surface area contributed by atoms with E-state index < -0.39 is 5.97 Å². The number of carbonyl (C=O) groups excluding carboxylic acids is 2. The lowest BCUT2D eigenvalue weighted by atomic mass is 10.1. The van der Waals surface area contributed by atoms with E-state index in [1.165, 1.54) is 63.1 Å². The van der Waals surface area contributed by atoms with Crippen molar-refractivity contribution in [2.45, 2.75) is 93.5 Å². The van der Waals surface area contributed by atoms with Crippen LogP contribution in [0.2, 0.25) is 0 Å². The Labute approximate surface area is 191 Å². The molecule has 1 rings (SSSR count). The van der Waals surface area contributed by atoms with Crippen molar-refractivity contribution in [2.75, 3.05) is 32.7 Å². The number of aliphatic carboxylic acids is 1. The standard InChI is InChI=1S/C10H16N2O4.C8H17N.2C3H8/c1-3-12(9(14)6-11-7-13)5-4-8(2)10(15)16;1-8(2)9-6-4-3-5-7-9;2*1-3-2/h4,7H,3,5-6H2,1-2H3,(H,11,13)(H,15,16);8H,3-7H2,1-2H3;2*3H2,1-2H3/b8-4+;;;. The zero-order valence-electron chi connectivity index (χ0n) is 21.4. The molecule has 0 spiro atoms. The van der Waals surface area contributed by atoms with Crippen molar-refractivity contribution in [1.29, 1.82) is 0 Å². The number of likely N-dealkylation sites (tertiary alicyclic amines) is 1. The average Bonchev–Trinajstić information content (AvgIpc) is 2.74. The van der Waals surface area contributed by atoms with Gasteiger partial charge in [-0.05, 0) is 53.6 Å². The minimum atomic E-state index is -1.01. The fraction of sp³-hybridized carbons (Fsp3) is 0.792. The van der Waals surface area contributed by atoms with Gasteiger partial charge in [0.05, 0.1) is 6.54 Å². The van der Waals surface area contributed by atoms with E-state index in [0.717, 1.165) is 6.04 Å². The van der Waals surface area contributed by atoms with E-state index in [-0.39, 0.29) is 24.6 Å². The Morgan fingerprint density at radius 3 is 1.84 bits per heavy atom. The van der Waals surface area contributed by atoms with E-state index in [0.29, 0.717) is 13.0 Å². The van der Waals surface area contributed by atoms with E-state index >= 15 is 0 Å². The number of amides is 2. The topological polar surface area (TPSA) is 89.9 Å². The first-order valence-corrected chi connectivity index (χ1v) is 11.7. The second kappa shape index (κ2) is 24.4. The van der Waals surface area contributed by atoms with Crippen LogP contribution < -0.4 is 5.32 Å². The molecule has 7 nitrogen and oxygen atoms in total. The van der Waals surface area contributed by atoms with Crippen LogP contribution in [0.1, 0.15) is 87.5 Å². The molecular weight excluding hydrogens is 394 g/mol. The molecule has 1 fully saturated rings. The third kappa shape index (κ3) is 22.6. The smallest absolute Gasteiger partial charge is 0.331 e. The van der Waals surface area contributed by atoms with Gasteiger partial charge in [-0.15, -0.1) is 0 Å². The van der Waals surface area contributed by atoms with Crippen LogP contribution in [-0.2, 0) is 14.4 Å². The van der Waals surface area contributed by atoms with Crippen molar-refractivity contribution in [2.24, 2.45) is 0 Å². The summed E-state index contributed by atoms with van der Waals surface area (Å²) in [6.07, 6.45) is 8.69. The summed E-state index contributed by atoms with van der Waals surface area (Å²) in [5.41, 5.74) is 0.189. The maximum atomic E-state index is 11.4. The summed E-state index contributed by atoms with van der Waals surface area (Å²) in [4.78, 5) is 36.0. The van der Waals surface area contributed by atoms with Crippen LogP contribution in [0.15, 0.2) is 11.6 Å². The Morgan fingerprint density at radius 1 is 1.03 bits per heavy atom. The Balaban J connectivity index is -0.000000435. The summed E-state index contributed by atoms with van der Waals surface area (Å²) in [5.74, 6) is -1.25. The van der Waals surface area contributed by atoms with E-state index in [1.807, 2.05) is 0 Å². The number of nitrogens with one attached hydrogen (secondary N) is 1. The molecule has 31 heavy (non-hydrogen) atoms. The molecule has 0 radical (unpaired) electrons. The summed E-state index contributed by atoms with van der Waals surface area (Å²) in [7, 11) is 0. The van der Waals surface area contributed by atoms with Crippen LogP contribution in [0.25, 0.3) is 0 Å². The molecule has 0 aromatic heterocycles. The van der Waals surface area contributed by atoms with Crippen LogP contribution >= 0.6 is 0 Å². The van der Waals surface area contributed by atoms with Gasteiger partial charge in [0.15, 0.2) is 0 Å². The Bertz CT molecular complexity index is 471. The van der Waals surface area contributed by atoms with Crippen molar-refractivity contribution in [1.82, 2.24) is 15.1 Å². The quantitative estimate of drug-likeness (QED) is 0.431. The number of carbonyl (C=O) groups is 3. The molecule has 0 atom stereocenters. The minimum absolute atomic E-state index is 0.0721. The number of nitrogens with zero attached hydrogens (tertiary/aromatic N) is 2. The van der Waals surface area contributed by atoms with Crippen LogP contribution in [0.3, 0.4) is 0 Å². The molecule has 0 bridgehead atoms. The summed E-state index contributed by atoms with van der Waals surface area (Å²) >= 11 is 0. The zero-order valence-corrected chi connectivity index (χ0v) is 21.4. The highest BCUT2D eigenvalue weighted by molar-refractivity contribution is 5.86. The van der Waals surface area contributed by atoms with Crippen molar-refractivity contribution < 1.29 is 19.5 Å². The fourth-order valence-electron chi connectivity index (χ4n) is 2.42. The number of carboxylic acid groups (broad SMARTS) is 1. The van der Waals surface area contributed by atoms with Crippen molar-refractivity contribution in [3.8, 4) is 0 Å². The number of rotatable bonds is 8. The van der Waals surface area contributed by atoms with E-state index in [4.69, 9.17) is 5.11 Å². The molecule has 2 N–H and O–H groups in total. The van der Waals surface area contributed by atoms with E-state index in [1.54, 1.807) is 6.92 Å². The first kappa shape index (κ1) is 33.7. The monoisotopic (exact) mass is 443 g/mol. The Kier molecular flexibility index (Phi) is 26.5. The Morgan fingerprint density at radius 2 is 1.52 bits per heavy atom. The first-order valence-electron chi connectivity index (χ1n) is 11.7. The van der Waals surface area contributed by atoms with E-state index in [9.17, 15) is 14.4 Å². The zero-order chi connectivity index (χ0) is 24.7. The number of hydrogen-bond donors (Lipinski definition) is 2. The lowest BCUT2D eigenvalue weighted by Gasteiger charge is -2.29. The molecule has 0 saturated carbocycles. The van der Waals surface area contributed by atoms with Crippen molar-refractivity contribution >= 4 is 18.3 Å². The normalized spacial score (nSPS) is 13.4. The lowest BCUT2D eigenvalue weighted by Crippen LogP contribution is -2.38. The van der Waals surface area contributed by atoms with Gasteiger partial charge in [-0.3, -0.25) is 9.59 Å². The molecule has 1 saturated heterocycles. The fourth-order valence-corrected chi connectivity index (χ4v) is 2.42. The molecule has 7 heteroatoms. The molecule has 1 aliphatic heterocycles. The molecule has 2 amide bonds. The number of hydrogen-bond acceptors (Lipinski definition) is 4. The molecule has 1 heterocycles. The summed E-state index contributed by atoms with van der Waals surface area (Å²) in [6.45, 7) is 19.6. The number of likely N-dealkylation sites (N-methyl/N-ethyl adjacent to an activating group) is 1. The van der Waals surface area contributed by atoms with Gasteiger partial charge in [0.25, 0.3) is 0 Å². The summed E-state index contributed by atoms with van der Waals surface area (Å²) in [6, 6.07) is 0.769. The van der Waals surface area contributed by atoms with Crippen LogP contribution in [-0.4, -0.2) is 72.0 Å². The van der Waals surface area contributed by atoms with E-state index in [2.05, 4.69) is 51.8 Å². The van der Waals surface area contributed by atoms with Gasteiger partial charge < -0.3 is 20.2 Å². The Hall–Kier alpha value is -1.89. The summed E-state index contributed by atoms with van der Waals surface area (Å²) < 4.78 is 0. The van der Waals surface area contributed by atoms with Gasteiger partial charge in [0.1, 0.15) is 0 Å². The van der Waals surface area contributed by atoms with Crippen LogP contribution in [0, 0.1) is 0 Å². The molecule has 0 aromatic carbocycles. The minimum Gasteiger partial charge on any atom is -0.478 e. The third-order valence-electron chi connectivity index (χ3n) is 4.15. The SMILES string of the molecule is CC(C)N1CCCCC1.CCC.CCC.CCN(C/C=C(\C)C(=O)O)C(=O)CNC=O. The second-order valence-electron chi connectivity index (χ2n) is 7.73. The molecule has 184 valence electrons. The molecule has 1 aliphatic rings. The molecule has 0 unspecified atom stereocenters. The largest absolute Gasteiger partial charge is 0.478 e. The van der Waals surface area contributed by atoms with Gasteiger partial charge >= 0.3 is 5.97 Å². The summed E-state index contributed by atoms with van der Waals surface area (Å²) in [5, 5.41) is 10.9. The third-order valence-corrected chi connectivity index (χ3v) is 4.15. The number of piperidine rings is 1. The van der Waals surface area contributed by atoms with Crippen LogP contribution in [0.5, 0.6) is 0 Å². The maximum absolute atomic E-state index is 11.4. The van der Waals surface area contributed by atoms with Gasteiger partial charge in [-0.1, -0.05) is 53.0 Å². The van der Waals surface area contributed by atoms with Crippen molar-refractivity contribution in [3.05, 3.63) is 11.6 Å². The van der Waals surface area contributed by atoms with Gasteiger partial charge in [0, 0.05) is 24.7 Å². The van der Waals surface area contributed by atoms with Gasteiger partial charge in [-0.2, -0.15) is 0 Å². The lowest BCUT2D eigenvalue weighted by molar-refractivity contribution is -0.133. The predicted molar refractivity (Wildman–Crippen MR) is 130 cm³/mol.